The van der Waals surface area contributed by atoms with E-state index in [9.17, 15) is 9.18 Å². The van der Waals surface area contributed by atoms with Crippen LogP contribution in [0, 0.1) is 17.1 Å². The number of H-pyrrole nitrogens is 1. The third kappa shape index (κ3) is 4.06. The fraction of sp³-hybridized carbons (Fsp3) is 0.111. The van der Waals surface area contributed by atoms with Crippen LogP contribution in [0.25, 0.3) is 11.3 Å². The summed E-state index contributed by atoms with van der Waals surface area (Å²) < 4.78 is 13.5. The van der Waals surface area contributed by atoms with Gasteiger partial charge in [-0.15, -0.1) is 0 Å². The number of benzene rings is 1. The lowest BCUT2D eigenvalue weighted by Gasteiger charge is -2.03. The minimum Gasteiger partial charge on any atom is -0.311 e. The maximum atomic E-state index is 13.5. The van der Waals surface area contributed by atoms with E-state index in [0.29, 0.717) is 23.5 Å². The lowest BCUT2D eigenvalue weighted by atomic mass is 10.1. The van der Waals surface area contributed by atoms with E-state index in [1.807, 2.05) is 12.1 Å². The molecule has 7 heteroatoms. The molecule has 0 aliphatic carbocycles. The van der Waals surface area contributed by atoms with Crippen LogP contribution in [-0.4, -0.2) is 21.1 Å². The molecule has 6 nitrogen and oxygen atoms in total. The molecule has 0 saturated heterocycles. The van der Waals surface area contributed by atoms with Gasteiger partial charge in [-0.1, -0.05) is 6.07 Å². The van der Waals surface area contributed by atoms with Crippen LogP contribution < -0.4 is 5.32 Å². The molecule has 1 aromatic carbocycles. The number of amides is 1. The summed E-state index contributed by atoms with van der Waals surface area (Å²) in [7, 11) is 0. The largest absolute Gasteiger partial charge is 0.311 e. The van der Waals surface area contributed by atoms with Gasteiger partial charge in [0.05, 0.1) is 11.3 Å². The van der Waals surface area contributed by atoms with Gasteiger partial charge in [-0.05, 0) is 36.2 Å². The lowest BCUT2D eigenvalue weighted by molar-refractivity contribution is -0.116. The van der Waals surface area contributed by atoms with Gasteiger partial charge >= 0.3 is 0 Å². The number of nitriles is 1. The first kappa shape index (κ1) is 16.3. The van der Waals surface area contributed by atoms with Crippen molar-refractivity contribution in [1.82, 2.24) is 15.2 Å². The van der Waals surface area contributed by atoms with Gasteiger partial charge in [0, 0.05) is 30.4 Å². The second kappa shape index (κ2) is 7.36. The molecule has 2 aromatic heterocycles. The molecule has 124 valence electrons. The smallest absolute Gasteiger partial charge is 0.225 e. The third-order valence-electron chi connectivity index (χ3n) is 3.62. The predicted molar refractivity (Wildman–Crippen MR) is 89.9 cm³/mol. The van der Waals surface area contributed by atoms with Crippen LogP contribution >= 0.6 is 0 Å². The van der Waals surface area contributed by atoms with Crippen LogP contribution in [0.2, 0.25) is 0 Å². The predicted octanol–water partition coefficient (Wildman–Crippen LogP) is 3.05. The number of carbonyl (C=O) groups is 1. The zero-order valence-electron chi connectivity index (χ0n) is 13.2. The maximum absolute atomic E-state index is 13.5. The van der Waals surface area contributed by atoms with Gasteiger partial charge in [-0.2, -0.15) is 10.4 Å². The molecule has 0 bridgehead atoms. The van der Waals surface area contributed by atoms with Crippen LogP contribution in [0.5, 0.6) is 0 Å². The minimum atomic E-state index is -0.573. The zero-order valence-corrected chi connectivity index (χ0v) is 13.2. The highest BCUT2D eigenvalue weighted by Gasteiger charge is 2.09. The Kier molecular flexibility index (Phi) is 4.81. The number of carbonyl (C=O) groups excluding carboxylic acids is 1. The molecule has 25 heavy (non-hydrogen) atoms. The molecular formula is C18H14FN5O. The van der Waals surface area contributed by atoms with Crippen molar-refractivity contribution in [2.45, 2.75) is 12.8 Å². The molecule has 0 atom stereocenters. The minimum absolute atomic E-state index is 0.00528. The Hall–Kier alpha value is -3.53. The summed E-state index contributed by atoms with van der Waals surface area (Å²) >= 11 is 0. The second-order valence-electron chi connectivity index (χ2n) is 5.38. The van der Waals surface area contributed by atoms with E-state index in [1.165, 1.54) is 12.1 Å². The van der Waals surface area contributed by atoms with Gasteiger partial charge in [0.15, 0.2) is 0 Å². The first-order chi connectivity index (χ1) is 12.2. The Morgan fingerprint density at radius 1 is 1.24 bits per heavy atom. The topological polar surface area (TPSA) is 94.5 Å². The zero-order chi connectivity index (χ0) is 17.6. The number of nitrogens with zero attached hydrogens (tertiary/aromatic N) is 3. The number of anilines is 1. The molecule has 3 aromatic rings. The van der Waals surface area contributed by atoms with Gasteiger partial charge in [0.1, 0.15) is 17.7 Å². The summed E-state index contributed by atoms with van der Waals surface area (Å²) in [5.41, 5.74) is 2.25. The molecule has 0 fully saturated rings. The molecule has 1 amide bonds. The van der Waals surface area contributed by atoms with E-state index < -0.39 is 5.82 Å². The molecule has 2 heterocycles. The highest BCUT2D eigenvalue weighted by Crippen LogP contribution is 2.19. The fourth-order valence-corrected chi connectivity index (χ4v) is 2.33. The number of hydrogen-bond acceptors (Lipinski definition) is 4. The number of aryl methyl sites for hydroxylation is 1. The number of halogens is 1. The summed E-state index contributed by atoms with van der Waals surface area (Å²) in [6.45, 7) is 0. The normalized spacial score (nSPS) is 10.2. The summed E-state index contributed by atoms with van der Waals surface area (Å²) in [5.74, 6) is -0.298. The Balaban J connectivity index is 1.57. The highest BCUT2D eigenvalue weighted by molar-refractivity contribution is 5.90. The monoisotopic (exact) mass is 335 g/mol. The molecular weight excluding hydrogens is 321 g/mol. The fourth-order valence-electron chi connectivity index (χ4n) is 2.33. The number of rotatable bonds is 5. The number of pyridine rings is 1. The van der Waals surface area contributed by atoms with Crippen molar-refractivity contribution in [3.8, 4) is 17.3 Å². The van der Waals surface area contributed by atoms with Gasteiger partial charge in [0.2, 0.25) is 5.91 Å². The standard InChI is InChI=1S/C18H14FN5O/c19-15-9-12(1-3-14(15)11-20)2-4-18(25)22-17-10-16(23-24-17)13-5-7-21-8-6-13/h1,3,5-10H,2,4H2,(H2,22,23,24,25). The van der Waals surface area contributed by atoms with Crippen molar-refractivity contribution in [3.05, 3.63) is 65.7 Å². The summed E-state index contributed by atoms with van der Waals surface area (Å²) in [6, 6.07) is 11.5. The maximum Gasteiger partial charge on any atom is 0.225 e. The van der Waals surface area contributed by atoms with Crippen molar-refractivity contribution in [2.75, 3.05) is 5.32 Å². The van der Waals surface area contributed by atoms with Crippen molar-refractivity contribution in [2.24, 2.45) is 0 Å². The summed E-state index contributed by atoms with van der Waals surface area (Å²) in [6.07, 6.45) is 3.90. The van der Waals surface area contributed by atoms with Crippen LogP contribution in [-0.2, 0) is 11.2 Å². The van der Waals surface area contributed by atoms with E-state index in [2.05, 4.69) is 20.5 Å². The van der Waals surface area contributed by atoms with Crippen LogP contribution in [0.1, 0.15) is 17.5 Å². The molecule has 0 spiro atoms. The van der Waals surface area contributed by atoms with Crippen molar-refractivity contribution < 1.29 is 9.18 Å². The quantitative estimate of drug-likeness (QED) is 0.749. The van der Waals surface area contributed by atoms with E-state index in [-0.39, 0.29) is 17.9 Å². The summed E-state index contributed by atoms with van der Waals surface area (Å²) in [4.78, 5) is 16.0. The Bertz CT molecular complexity index is 930. The average molecular weight is 335 g/mol. The second-order valence-corrected chi connectivity index (χ2v) is 5.38. The highest BCUT2D eigenvalue weighted by atomic mass is 19.1. The third-order valence-corrected chi connectivity index (χ3v) is 3.62. The van der Waals surface area contributed by atoms with Gasteiger partial charge < -0.3 is 5.32 Å². The first-order valence-electron chi connectivity index (χ1n) is 7.60. The molecule has 0 unspecified atom stereocenters. The number of aromatic amines is 1. The number of aromatic nitrogens is 3. The molecule has 2 N–H and O–H groups in total. The number of nitrogens with one attached hydrogen (secondary N) is 2. The lowest BCUT2D eigenvalue weighted by Crippen LogP contribution is -2.12. The van der Waals surface area contributed by atoms with Gasteiger partial charge in [-0.3, -0.25) is 14.9 Å². The average Bonchev–Trinajstić information content (AvgIpc) is 3.09. The van der Waals surface area contributed by atoms with Crippen LogP contribution in [0.3, 0.4) is 0 Å². The van der Waals surface area contributed by atoms with Gasteiger partial charge in [0.25, 0.3) is 0 Å². The van der Waals surface area contributed by atoms with E-state index in [0.717, 1.165) is 5.56 Å². The molecule has 0 radical (unpaired) electrons. The molecule has 3 rings (SSSR count). The molecule has 0 saturated carbocycles. The van der Waals surface area contributed by atoms with Crippen molar-refractivity contribution in [1.29, 1.82) is 5.26 Å². The van der Waals surface area contributed by atoms with Gasteiger partial charge in [-0.25, -0.2) is 4.39 Å². The van der Waals surface area contributed by atoms with Crippen LogP contribution in [0.4, 0.5) is 10.2 Å². The van der Waals surface area contributed by atoms with E-state index >= 15 is 0 Å². The molecule has 0 aliphatic heterocycles. The Labute approximate surface area is 143 Å². The summed E-state index contributed by atoms with van der Waals surface area (Å²) in [5, 5.41) is 18.3. The molecule has 0 aliphatic rings. The number of hydrogen-bond donors (Lipinski definition) is 2. The van der Waals surface area contributed by atoms with Crippen molar-refractivity contribution in [3.63, 3.8) is 0 Å². The Morgan fingerprint density at radius 2 is 2.04 bits per heavy atom. The Morgan fingerprint density at radius 3 is 2.76 bits per heavy atom. The van der Waals surface area contributed by atoms with E-state index in [1.54, 1.807) is 30.6 Å². The first-order valence-corrected chi connectivity index (χ1v) is 7.60. The van der Waals surface area contributed by atoms with Crippen molar-refractivity contribution >= 4 is 11.7 Å². The van der Waals surface area contributed by atoms with E-state index in [4.69, 9.17) is 5.26 Å². The SMILES string of the molecule is N#Cc1ccc(CCC(=O)Nc2cc(-c3ccncc3)n[nH]2)cc1F. The van der Waals surface area contributed by atoms with Crippen LogP contribution in [0.15, 0.2) is 48.8 Å².